The fourth-order valence-electron chi connectivity index (χ4n) is 1.01. The van der Waals surface area contributed by atoms with Gasteiger partial charge in [-0.2, -0.15) is 5.26 Å². The highest BCUT2D eigenvalue weighted by Crippen LogP contribution is 2.15. The molecule has 0 fully saturated rings. The molecule has 0 aromatic carbocycles. The summed E-state index contributed by atoms with van der Waals surface area (Å²) in [5, 5.41) is 13.4. The van der Waals surface area contributed by atoms with Crippen molar-refractivity contribution in [3.63, 3.8) is 0 Å². The van der Waals surface area contributed by atoms with E-state index in [-0.39, 0.29) is 0 Å². The second-order valence-corrected chi connectivity index (χ2v) is 3.61. The van der Waals surface area contributed by atoms with Crippen molar-refractivity contribution >= 4 is 11.3 Å². The normalized spacial score (nSPS) is 9.67. The number of nitrogens with zero attached hydrogens (tertiary/aromatic N) is 1. The molecule has 12 heavy (non-hydrogen) atoms. The molecule has 0 saturated carbocycles. The Bertz CT molecular complexity index is 272. The highest BCUT2D eigenvalue weighted by Gasteiger charge is 1.97. The topological polar surface area (TPSA) is 35.8 Å². The maximum atomic E-state index is 8.27. The Morgan fingerprint density at radius 3 is 3.08 bits per heavy atom. The Hall–Kier alpha value is -0.850. The molecule has 0 aliphatic heterocycles. The molecule has 0 aliphatic rings. The average Bonchev–Trinajstić information content (AvgIpc) is 2.46. The molecule has 0 spiro atoms. The van der Waals surface area contributed by atoms with Crippen LogP contribution in [0.25, 0.3) is 0 Å². The van der Waals surface area contributed by atoms with Crippen LogP contribution in [-0.4, -0.2) is 13.1 Å². The summed E-state index contributed by atoms with van der Waals surface area (Å²) in [7, 11) is 0. The van der Waals surface area contributed by atoms with Crippen molar-refractivity contribution in [1.82, 2.24) is 5.32 Å². The minimum absolute atomic E-state index is 0.449. The van der Waals surface area contributed by atoms with Gasteiger partial charge in [-0.3, -0.25) is 0 Å². The van der Waals surface area contributed by atoms with E-state index in [2.05, 4.69) is 29.8 Å². The summed E-state index contributed by atoms with van der Waals surface area (Å²) in [6.45, 7) is 3.47. The van der Waals surface area contributed by atoms with Gasteiger partial charge in [0.05, 0.1) is 12.6 Å². The van der Waals surface area contributed by atoms with E-state index in [9.17, 15) is 0 Å². The van der Waals surface area contributed by atoms with Crippen LogP contribution in [0.15, 0.2) is 11.4 Å². The number of nitrogens with one attached hydrogen (secondary N) is 1. The molecule has 1 N–H and O–H groups in total. The fourth-order valence-corrected chi connectivity index (χ4v) is 1.92. The minimum atomic E-state index is 0.449. The Morgan fingerprint density at radius 2 is 2.50 bits per heavy atom. The molecule has 1 aromatic rings. The Balaban J connectivity index is 2.25. The SMILES string of the molecule is Cc1ccsc1CCNCC#N. The summed E-state index contributed by atoms with van der Waals surface area (Å²) in [6, 6.07) is 4.18. The van der Waals surface area contributed by atoms with Crippen LogP contribution in [0.3, 0.4) is 0 Å². The third-order valence-electron chi connectivity index (χ3n) is 1.70. The van der Waals surface area contributed by atoms with Crippen molar-refractivity contribution in [2.75, 3.05) is 13.1 Å². The van der Waals surface area contributed by atoms with Crippen molar-refractivity contribution in [2.24, 2.45) is 0 Å². The van der Waals surface area contributed by atoms with Crippen LogP contribution in [0.1, 0.15) is 10.4 Å². The quantitative estimate of drug-likeness (QED) is 0.565. The molecular weight excluding hydrogens is 168 g/mol. The Labute approximate surface area is 76.8 Å². The zero-order valence-corrected chi connectivity index (χ0v) is 7.95. The van der Waals surface area contributed by atoms with E-state index in [0.29, 0.717) is 6.54 Å². The molecule has 3 heteroatoms. The van der Waals surface area contributed by atoms with Gasteiger partial charge in [0, 0.05) is 11.4 Å². The molecule has 1 aromatic heterocycles. The first-order valence-electron chi connectivity index (χ1n) is 3.95. The average molecular weight is 180 g/mol. The van der Waals surface area contributed by atoms with Crippen LogP contribution in [0, 0.1) is 18.3 Å². The van der Waals surface area contributed by atoms with E-state index in [1.165, 1.54) is 10.4 Å². The number of thiophene rings is 1. The van der Waals surface area contributed by atoms with Gasteiger partial charge in [-0.05, 0) is 30.4 Å². The van der Waals surface area contributed by atoms with Crippen molar-refractivity contribution in [2.45, 2.75) is 13.3 Å². The first kappa shape index (κ1) is 9.24. The second kappa shape index (κ2) is 4.91. The molecule has 0 atom stereocenters. The van der Waals surface area contributed by atoms with Crippen molar-refractivity contribution in [1.29, 1.82) is 5.26 Å². The highest BCUT2D eigenvalue weighted by molar-refractivity contribution is 7.10. The van der Waals surface area contributed by atoms with Gasteiger partial charge >= 0.3 is 0 Å². The number of nitriles is 1. The van der Waals surface area contributed by atoms with Gasteiger partial charge in [0.25, 0.3) is 0 Å². The van der Waals surface area contributed by atoms with Gasteiger partial charge in [-0.1, -0.05) is 0 Å². The third-order valence-corrected chi connectivity index (χ3v) is 2.78. The predicted octanol–water partition coefficient (Wildman–Crippen LogP) is 1.71. The van der Waals surface area contributed by atoms with Gasteiger partial charge in [0.15, 0.2) is 0 Å². The standard InChI is InChI=1S/C9H12N2S/c1-8-3-7-12-9(8)2-5-11-6-4-10/h3,7,11H,2,5-6H2,1H3. The van der Waals surface area contributed by atoms with E-state index in [1.807, 2.05) is 0 Å². The molecule has 0 radical (unpaired) electrons. The zero-order chi connectivity index (χ0) is 8.81. The lowest BCUT2D eigenvalue weighted by molar-refractivity contribution is 0.753. The predicted molar refractivity (Wildman–Crippen MR) is 51.2 cm³/mol. The molecule has 0 aliphatic carbocycles. The summed E-state index contributed by atoms with van der Waals surface area (Å²) in [5.41, 5.74) is 1.36. The van der Waals surface area contributed by atoms with Crippen LogP contribution in [0.4, 0.5) is 0 Å². The fraction of sp³-hybridized carbons (Fsp3) is 0.444. The van der Waals surface area contributed by atoms with Crippen LogP contribution in [-0.2, 0) is 6.42 Å². The van der Waals surface area contributed by atoms with E-state index < -0.39 is 0 Å². The molecule has 2 nitrogen and oxygen atoms in total. The van der Waals surface area contributed by atoms with E-state index >= 15 is 0 Å². The molecule has 0 unspecified atom stereocenters. The number of aryl methyl sites for hydroxylation is 1. The largest absolute Gasteiger partial charge is 0.304 e. The van der Waals surface area contributed by atoms with Crippen molar-refractivity contribution < 1.29 is 0 Å². The summed E-state index contributed by atoms with van der Waals surface area (Å²) in [4.78, 5) is 1.42. The highest BCUT2D eigenvalue weighted by atomic mass is 32.1. The maximum absolute atomic E-state index is 8.27. The molecule has 0 saturated heterocycles. The maximum Gasteiger partial charge on any atom is 0.0841 e. The van der Waals surface area contributed by atoms with Gasteiger partial charge in [-0.25, -0.2) is 0 Å². The van der Waals surface area contributed by atoms with Gasteiger partial charge in [-0.15, -0.1) is 11.3 Å². The Morgan fingerprint density at radius 1 is 1.67 bits per heavy atom. The number of rotatable bonds is 4. The molecule has 64 valence electrons. The van der Waals surface area contributed by atoms with Gasteiger partial charge in [0.2, 0.25) is 0 Å². The van der Waals surface area contributed by atoms with Crippen LogP contribution < -0.4 is 5.32 Å². The van der Waals surface area contributed by atoms with Gasteiger partial charge in [0.1, 0.15) is 0 Å². The first-order chi connectivity index (χ1) is 5.84. The minimum Gasteiger partial charge on any atom is -0.304 e. The van der Waals surface area contributed by atoms with E-state index in [1.54, 1.807) is 11.3 Å². The van der Waals surface area contributed by atoms with Crippen LogP contribution >= 0.6 is 11.3 Å². The monoisotopic (exact) mass is 180 g/mol. The summed E-state index contributed by atoms with van der Waals surface area (Å²) < 4.78 is 0. The number of hydrogen-bond donors (Lipinski definition) is 1. The lowest BCUT2D eigenvalue weighted by Crippen LogP contribution is -2.16. The number of hydrogen-bond acceptors (Lipinski definition) is 3. The summed E-state index contributed by atoms with van der Waals surface area (Å²) >= 11 is 1.78. The van der Waals surface area contributed by atoms with Crippen molar-refractivity contribution in [3.8, 4) is 6.07 Å². The lowest BCUT2D eigenvalue weighted by Gasteiger charge is -1.98. The molecule has 0 bridgehead atoms. The molecule has 1 rings (SSSR count). The smallest absolute Gasteiger partial charge is 0.0841 e. The van der Waals surface area contributed by atoms with Crippen LogP contribution in [0.2, 0.25) is 0 Å². The molecular formula is C9H12N2S. The summed E-state index contributed by atoms with van der Waals surface area (Å²) in [6.07, 6.45) is 1.03. The zero-order valence-electron chi connectivity index (χ0n) is 7.13. The third kappa shape index (κ3) is 2.65. The van der Waals surface area contributed by atoms with E-state index in [0.717, 1.165) is 13.0 Å². The lowest BCUT2D eigenvalue weighted by atomic mass is 10.2. The molecule has 1 heterocycles. The van der Waals surface area contributed by atoms with Crippen molar-refractivity contribution in [3.05, 3.63) is 21.9 Å². The van der Waals surface area contributed by atoms with Crippen LogP contribution in [0.5, 0.6) is 0 Å². The van der Waals surface area contributed by atoms with E-state index in [4.69, 9.17) is 5.26 Å². The molecule has 0 amide bonds. The second-order valence-electron chi connectivity index (χ2n) is 2.61. The first-order valence-corrected chi connectivity index (χ1v) is 4.83. The Kier molecular flexibility index (Phi) is 3.78. The summed E-state index contributed by atoms with van der Waals surface area (Å²) in [5.74, 6) is 0. The van der Waals surface area contributed by atoms with Gasteiger partial charge < -0.3 is 5.32 Å².